The lowest BCUT2D eigenvalue weighted by molar-refractivity contribution is -0.0167. The Bertz CT molecular complexity index is 323. The molecule has 0 unspecified atom stereocenters. The predicted molar refractivity (Wildman–Crippen MR) is 61.2 cm³/mol. The maximum absolute atomic E-state index is 10.5. The molecule has 2 nitrogen and oxygen atoms in total. The van der Waals surface area contributed by atoms with Crippen molar-refractivity contribution >= 4 is 0 Å². The molecule has 0 amide bonds. The van der Waals surface area contributed by atoms with Crippen LogP contribution < -0.4 is 0 Å². The van der Waals surface area contributed by atoms with Gasteiger partial charge in [-0.2, -0.15) is 0 Å². The van der Waals surface area contributed by atoms with E-state index in [1.165, 1.54) is 5.56 Å². The van der Waals surface area contributed by atoms with E-state index in [2.05, 4.69) is 26.1 Å². The number of benzene rings is 1. The van der Waals surface area contributed by atoms with Gasteiger partial charge in [0.05, 0.1) is 5.60 Å². The van der Waals surface area contributed by atoms with Gasteiger partial charge in [-0.1, -0.05) is 29.8 Å². The lowest BCUT2D eigenvalue weighted by atomic mass is 9.84. The minimum atomic E-state index is -0.637. The molecule has 2 rings (SSSR count). The zero-order valence-electron chi connectivity index (χ0n) is 9.24. The second-order valence-corrected chi connectivity index (χ2v) is 4.52. The molecule has 1 aromatic rings. The van der Waals surface area contributed by atoms with Gasteiger partial charge in [0.15, 0.2) is 0 Å². The highest BCUT2D eigenvalue weighted by atomic mass is 16.3. The summed E-state index contributed by atoms with van der Waals surface area (Å²) in [5, 5.41) is 10.5. The van der Waals surface area contributed by atoms with Crippen LogP contribution in [0.3, 0.4) is 0 Å². The lowest BCUT2D eigenvalue weighted by Crippen LogP contribution is -2.39. The van der Waals surface area contributed by atoms with Crippen molar-refractivity contribution in [1.29, 1.82) is 0 Å². The molecule has 0 aromatic heterocycles. The molecular weight excluding hydrogens is 186 g/mol. The smallest absolute Gasteiger partial charge is 0.0919 e. The van der Waals surface area contributed by atoms with Gasteiger partial charge >= 0.3 is 0 Å². The molecule has 2 heteroatoms. The first-order chi connectivity index (χ1) is 7.10. The zero-order chi connectivity index (χ0) is 10.9. The van der Waals surface area contributed by atoms with Crippen LogP contribution in [0.2, 0.25) is 0 Å². The molecule has 15 heavy (non-hydrogen) atoms. The molecule has 0 atom stereocenters. The van der Waals surface area contributed by atoms with Crippen LogP contribution in [0.4, 0.5) is 0 Å². The van der Waals surface area contributed by atoms with Crippen molar-refractivity contribution in [3.8, 4) is 0 Å². The SMILES string of the molecule is [CH2-]N1CCC(O)(c2ccc(C)cc2)CC1. The van der Waals surface area contributed by atoms with Gasteiger partial charge in [-0.05, 0) is 38.4 Å². The van der Waals surface area contributed by atoms with Gasteiger partial charge in [-0.15, -0.1) is 0 Å². The monoisotopic (exact) mass is 204 g/mol. The number of nitrogens with zero attached hydrogens (tertiary/aromatic N) is 1. The number of aliphatic hydroxyl groups is 1. The summed E-state index contributed by atoms with van der Waals surface area (Å²) in [6.07, 6.45) is 1.55. The normalized spacial score (nSPS) is 21.5. The Morgan fingerprint density at radius 2 is 1.73 bits per heavy atom. The Kier molecular flexibility index (Phi) is 2.81. The Morgan fingerprint density at radius 3 is 2.27 bits per heavy atom. The average molecular weight is 204 g/mol. The highest BCUT2D eigenvalue weighted by Gasteiger charge is 2.31. The van der Waals surface area contributed by atoms with E-state index < -0.39 is 5.60 Å². The minimum Gasteiger partial charge on any atom is -0.459 e. The van der Waals surface area contributed by atoms with Crippen molar-refractivity contribution in [3.63, 3.8) is 0 Å². The van der Waals surface area contributed by atoms with E-state index >= 15 is 0 Å². The van der Waals surface area contributed by atoms with Gasteiger partial charge in [-0.25, -0.2) is 0 Å². The van der Waals surface area contributed by atoms with Gasteiger partial charge in [0.25, 0.3) is 0 Å². The molecule has 1 aliphatic rings. The Labute approximate surface area is 91.5 Å². The number of rotatable bonds is 1. The topological polar surface area (TPSA) is 23.5 Å². The third kappa shape index (κ3) is 2.21. The fourth-order valence-corrected chi connectivity index (χ4v) is 2.08. The Morgan fingerprint density at radius 1 is 1.20 bits per heavy atom. The summed E-state index contributed by atoms with van der Waals surface area (Å²) < 4.78 is 0. The van der Waals surface area contributed by atoms with Crippen LogP contribution in [-0.2, 0) is 5.60 Å². The summed E-state index contributed by atoms with van der Waals surface area (Å²) in [5.41, 5.74) is 1.64. The van der Waals surface area contributed by atoms with Crippen molar-refractivity contribution < 1.29 is 5.11 Å². The molecule has 82 valence electrons. The molecule has 1 aromatic carbocycles. The van der Waals surface area contributed by atoms with Gasteiger partial charge < -0.3 is 10.0 Å². The summed E-state index contributed by atoms with van der Waals surface area (Å²) in [6, 6.07) is 8.19. The number of aryl methyl sites for hydroxylation is 1. The summed E-state index contributed by atoms with van der Waals surface area (Å²) in [7, 11) is 3.89. The molecule has 1 aliphatic heterocycles. The summed E-state index contributed by atoms with van der Waals surface area (Å²) >= 11 is 0. The first kappa shape index (κ1) is 10.7. The van der Waals surface area contributed by atoms with Crippen LogP contribution in [0.25, 0.3) is 0 Å². The summed E-state index contributed by atoms with van der Waals surface area (Å²) in [5.74, 6) is 0. The van der Waals surface area contributed by atoms with E-state index in [0.29, 0.717) is 0 Å². The molecule has 0 aliphatic carbocycles. The van der Waals surface area contributed by atoms with Crippen molar-refractivity contribution in [2.24, 2.45) is 0 Å². The fourth-order valence-electron chi connectivity index (χ4n) is 2.08. The standard InChI is InChI=1S/C13H18NO/c1-11-3-5-12(6-4-11)13(15)7-9-14(2)10-8-13/h3-6,15H,2,7-10H2,1H3/q-1. The second-order valence-electron chi connectivity index (χ2n) is 4.52. The quantitative estimate of drug-likeness (QED) is 0.708. The largest absolute Gasteiger partial charge is 0.459 e. The number of hydrogen-bond acceptors (Lipinski definition) is 2. The van der Waals surface area contributed by atoms with E-state index in [1.807, 2.05) is 17.0 Å². The number of piperidine rings is 1. The highest BCUT2D eigenvalue weighted by Crippen LogP contribution is 2.32. The van der Waals surface area contributed by atoms with E-state index in [4.69, 9.17) is 0 Å². The van der Waals surface area contributed by atoms with E-state index in [0.717, 1.165) is 31.5 Å². The van der Waals surface area contributed by atoms with Crippen LogP contribution in [0, 0.1) is 14.0 Å². The predicted octanol–water partition coefficient (Wildman–Crippen LogP) is 2.07. The first-order valence-electron chi connectivity index (χ1n) is 5.45. The molecule has 0 radical (unpaired) electrons. The van der Waals surface area contributed by atoms with Gasteiger partial charge in [0.2, 0.25) is 0 Å². The van der Waals surface area contributed by atoms with Crippen LogP contribution in [-0.4, -0.2) is 23.1 Å². The van der Waals surface area contributed by atoms with Gasteiger partial charge in [-0.3, -0.25) is 7.05 Å². The molecule has 0 bridgehead atoms. The van der Waals surface area contributed by atoms with Gasteiger partial charge in [0, 0.05) is 0 Å². The average Bonchev–Trinajstić information content (AvgIpc) is 2.24. The zero-order valence-corrected chi connectivity index (χ0v) is 9.24. The number of hydrogen-bond donors (Lipinski definition) is 1. The summed E-state index contributed by atoms with van der Waals surface area (Å²) in [6.45, 7) is 3.79. The maximum atomic E-state index is 10.5. The van der Waals surface area contributed by atoms with Crippen LogP contribution in [0.1, 0.15) is 24.0 Å². The lowest BCUT2D eigenvalue weighted by Gasteiger charge is -2.40. The maximum Gasteiger partial charge on any atom is 0.0919 e. The van der Waals surface area contributed by atoms with Crippen molar-refractivity contribution in [2.45, 2.75) is 25.4 Å². The van der Waals surface area contributed by atoms with Crippen LogP contribution in [0.5, 0.6) is 0 Å². The summed E-state index contributed by atoms with van der Waals surface area (Å²) in [4.78, 5) is 2.02. The van der Waals surface area contributed by atoms with Crippen LogP contribution in [0.15, 0.2) is 24.3 Å². The fraction of sp³-hybridized carbons (Fsp3) is 0.462. The van der Waals surface area contributed by atoms with E-state index in [9.17, 15) is 5.11 Å². The van der Waals surface area contributed by atoms with E-state index in [1.54, 1.807) is 0 Å². The van der Waals surface area contributed by atoms with Gasteiger partial charge in [0.1, 0.15) is 0 Å². The van der Waals surface area contributed by atoms with Crippen LogP contribution >= 0.6 is 0 Å². The molecular formula is C13H18NO-. The molecule has 1 saturated heterocycles. The molecule has 1 fully saturated rings. The minimum absolute atomic E-state index is 0.637. The third-order valence-electron chi connectivity index (χ3n) is 3.27. The molecule has 1 heterocycles. The first-order valence-corrected chi connectivity index (χ1v) is 5.45. The Hall–Kier alpha value is -0.860. The third-order valence-corrected chi connectivity index (χ3v) is 3.27. The molecule has 1 N–H and O–H groups in total. The Balaban J connectivity index is 2.18. The number of likely N-dealkylation sites (tertiary alicyclic amines) is 1. The molecule has 0 spiro atoms. The van der Waals surface area contributed by atoms with Crippen molar-refractivity contribution in [1.82, 2.24) is 4.90 Å². The second kappa shape index (κ2) is 3.95. The van der Waals surface area contributed by atoms with Crippen molar-refractivity contribution in [3.05, 3.63) is 42.4 Å². The van der Waals surface area contributed by atoms with Crippen molar-refractivity contribution in [2.75, 3.05) is 13.1 Å². The van der Waals surface area contributed by atoms with E-state index in [-0.39, 0.29) is 0 Å². The highest BCUT2D eigenvalue weighted by molar-refractivity contribution is 5.27. The molecule has 0 saturated carbocycles.